The van der Waals surface area contributed by atoms with Crippen LogP contribution in [0.25, 0.3) is 11.5 Å². The third kappa shape index (κ3) is 4.81. The first-order valence-electron chi connectivity index (χ1n) is 10.4. The van der Waals surface area contributed by atoms with E-state index < -0.39 is 5.91 Å². The van der Waals surface area contributed by atoms with E-state index in [1.165, 1.54) is 4.68 Å². The number of nitrogens with zero attached hydrogens (tertiary/aromatic N) is 4. The lowest BCUT2D eigenvalue weighted by Crippen LogP contribution is -2.15. The largest absolute Gasteiger partial charge is 0.493 e. The third-order valence-corrected chi connectivity index (χ3v) is 5.25. The molecule has 0 saturated carbocycles. The minimum Gasteiger partial charge on any atom is -0.493 e. The van der Waals surface area contributed by atoms with Crippen LogP contribution in [-0.4, -0.2) is 39.6 Å². The molecular weight excluding hydrogens is 460 g/mol. The SMILES string of the molecule is CCOc1ccc(-c2nc(Cn3nnc(C(=O)Nc4ccc(Cl)cc4)c3N)c(C)o2)cc1OC. The maximum atomic E-state index is 12.6. The average Bonchev–Trinajstić information content (AvgIpc) is 3.38. The summed E-state index contributed by atoms with van der Waals surface area (Å²) in [7, 11) is 1.57. The Bertz CT molecular complexity index is 1320. The van der Waals surface area contributed by atoms with Gasteiger partial charge in [0.05, 0.1) is 20.3 Å². The Morgan fingerprint density at radius 2 is 1.97 bits per heavy atom. The number of aromatic nitrogens is 4. The van der Waals surface area contributed by atoms with Crippen molar-refractivity contribution >= 4 is 29.0 Å². The number of carbonyl (C=O) groups excluding carboxylic acids is 1. The van der Waals surface area contributed by atoms with Gasteiger partial charge in [0.2, 0.25) is 5.89 Å². The number of rotatable bonds is 8. The first-order valence-corrected chi connectivity index (χ1v) is 10.8. The summed E-state index contributed by atoms with van der Waals surface area (Å²) >= 11 is 5.88. The Labute approximate surface area is 200 Å². The molecule has 0 saturated heterocycles. The van der Waals surface area contributed by atoms with Gasteiger partial charge in [-0.1, -0.05) is 16.8 Å². The summed E-state index contributed by atoms with van der Waals surface area (Å²) in [6.45, 7) is 4.39. The predicted molar refractivity (Wildman–Crippen MR) is 127 cm³/mol. The van der Waals surface area contributed by atoms with E-state index in [9.17, 15) is 4.79 Å². The van der Waals surface area contributed by atoms with Crippen molar-refractivity contribution in [3.8, 4) is 23.0 Å². The first kappa shape index (κ1) is 23.1. The van der Waals surface area contributed by atoms with Crippen molar-refractivity contribution in [1.29, 1.82) is 0 Å². The molecule has 0 unspecified atom stereocenters. The molecule has 0 spiro atoms. The summed E-state index contributed by atoms with van der Waals surface area (Å²) in [5, 5.41) is 11.2. The van der Waals surface area contributed by atoms with Gasteiger partial charge in [0.1, 0.15) is 11.5 Å². The highest BCUT2D eigenvalue weighted by molar-refractivity contribution is 6.30. The standard InChI is InChI=1S/C23H23ClN6O4/c1-4-33-18-10-5-14(11-19(18)32-3)23-27-17(13(2)34-23)12-30-21(25)20(28-29-30)22(31)26-16-8-6-15(24)7-9-16/h5-11H,4,12,25H2,1-3H3,(H,26,31). The van der Waals surface area contributed by atoms with Gasteiger partial charge in [0, 0.05) is 16.3 Å². The van der Waals surface area contributed by atoms with E-state index in [0.717, 1.165) is 5.56 Å². The van der Waals surface area contributed by atoms with Gasteiger partial charge in [-0.2, -0.15) is 0 Å². The molecule has 0 aliphatic rings. The molecule has 2 heterocycles. The third-order valence-electron chi connectivity index (χ3n) is 4.99. The first-order chi connectivity index (χ1) is 16.4. The zero-order valence-corrected chi connectivity index (χ0v) is 19.6. The molecule has 2 aromatic heterocycles. The van der Waals surface area contributed by atoms with Gasteiger partial charge in [0.25, 0.3) is 5.91 Å². The summed E-state index contributed by atoms with van der Waals surface area (Å²) in [6.07, 6.45) is 0. The molecule has 0 radical (unpaired) electrons. The number of aryl methyl sites for hydroxylation is 1. The molecule has 0 aliphatic carbocycles. The quantitative estimate of drug-likeness (QED) is 0.382. The molecule has 176 valence electrons. The second-order valence-electron chi connectivity index (χ2n) is 7.26. The summed E-state index contributed by atoms with van der Waals surface area (Å²) in [4.78, 5) is 17.2. The van der Waals surface area contributed by atoms with Gasteiger partial charge in [-0.05, 0) is 56.3 Å². The highest BCUT2D eigenvalue weighted by Gasteiger charge is 2.20. The lowest BCUT2D eigenvalue weighted by molar-refractivity contribution is 0.102. The highest BCUT2D eigenvalue weighted by atomic mass is 35.5. The Hall–Kier alpha value is -4.05. The maximum absolute atomic E-state index is 12.6. The molecule has 3 N–H and O–H groups in total. The number of halogens is 1. The zero-order valence-electron chi connectivity index (χ0n) is 18.8. The van der Waals surface area contributed by atoms with Crippen LogP contribution in [0, 0.1) is 6.92 Å². The molecule has 11 heteroatoms. The number of benzene rings is 2. The lowest BCUT2D eigenvalue weighted by Gasteiger charge is -2.09. The minimum absolute atomic E-state index is 0.00701. The van der Waals surface area contributed by atoms with Crippen molar-refractivity contribution < 1.29 is 18.7 Å². The molecule has 0 atom stereocenters. The normalized spacial score (nSPS) is 10.8. The van der Waals surface area contributed by atoms with E-state index in [1.54, 1.807) is 50.4 Å². The Morgan fingerprint density at radius 3 is 2.68 bits per heavy atom. The number of nitrogen functional groups attached to an aromatic ring is 1. The van der Waals surface area contributed by atoms with E-state index in [2.05, 4.69) is 20.6 Å². The number of nitrogens with one attached hydrogen (secondary N) is 1. The number of nitrogens with two attached hydrogens (primary N) is 1. The number of carbonyl (C=O) groups is 1. The molecule has 0 bridgehead atoms. The number of hydrogen-bond donors (Lipinski definition) is 2. The van der Waals surface area contributed by atoms with Crippen LogP contribution in [-0.2, 0) is 6.54 Å². The number of oxazole rings is 1. The monoisotopic (exact) mass is 482 g/mol. The average molecular weight is 483 g/mol. The van der Waals surface area contributed by atoms with Crippen LogP contribution >= 0.6 is 11.6 Å². The fourth-order valence-electron chi connectivity index (χ4n) is 3.24. The molecule has 4 rings (SSSR count). The lowest BCUT2D eigenvalue weighted by atomic mass is 10.2. The van der Waals surface area contributed by atoms with Crippen molar-refractivity contribution in [3.63, 3.8) is 0 Å². The number of ether oxygens (including phenoxy) is 2. The van der Waals surface area contributed by atoms with Crippen molar-refractivity contribution in [2.24, 2.45) is 0 Å². The molecule has 10 nitrogen and oxygen atoms in total. The molecule has 4 aromatic rings. The Morgan fingerprint density at radius 1 is 1.21 bits per heavy atom. The summed E-state index contributed by atoms with van der Waals surface area (Å²) < 4.78 is 18.2. The van der Waals surface area contributed by atoms with Crippen LogP contribution in [0.1, 0.15) is 28.9 Å². The second-order valence-corrected chi connectivity index (χ2v) is 7.70. The number of methoxy groups -OCH3 is 1. The summed E-state index contributed by atoms with van der Waals surface area (Å²) in [5.74, 6) is 1.84. The number of anilines is 2. The Kier molecular flexibility index (Phi) is 6.69. The van der Waals surface area contributed by atoms with Crippen molar-refractivity contribution in [1.82, 2.24) is 20.0 Å². The van der Waals surface area contributed by atoms with Gasteiger partial charge < -0.3 is 24.9 Å². The van der Waals surface area contributed by atoms with Crippen LogP contribution < -0.4 is 20.5 Å². The topological polar surface area (TPSA) is 130 Å². The van der Waals surface area contributed by atoms with Gasteiger partial charge in [0.15, 0.2) is 23.0 Å². The van der Waals surface area contributed by atoms with Gasteiger partial charge in [-0.3, -0.25) is 4.79 Å². The summed E-state index contributed by atoms with van der Waals surface area (Å²) in [5.41, 5.74) is 8.04. The number of amides is 1. The van der Waals surface area contributed by atoms with E-state index in [4.69, 9.17) is 31.2 Å². The fraction of sp³-hybridized carbons (Fsp3) is 0.217. The molecule has 0 aliphatic heterocycles. The smallest absolute Gasteiger partial charge is 0.280 e. The molecular formula is C23H23ClN6O4. The van der Waals surface area contributed by atoms with Gasteiger partial charge >= 0.3 is 0 Å². The van der Waals surface area contributed by atoms with Gasteiger partial charge in [-0.15, -0.1) is 5.10 Å². The Balaban J connectivity index is 1.52. The molecule has 34 heavy (non-hydrogen) atoms. The minimum atomic E-state index is -0.481. The molecule has 0 fully saturated rings. The van der Waals surface area contributed by atoms with E-state index in [1.807, 2.05) is 13.0 Å². The maximum Gasteiger partial charge on any atom is 0.280 e. The predicted octanol–water partition coefficient (Wildman–Crippen LogP) is 4.19. The zero-order chi connectivity index (χ0) is 24.2. The van der Waals surface area contributed by atoms with Crippen LogP contribution in [0.2, 0.25) is 5.02 Å². The van der Waals surface area contributed by atoms with E-state index in [0.29, 0.717) is 46.2 Å². The number of hydrogen-bond acceptors (Lipinski definition) is 8. The second kappa shape index (κ2) is 9.84. The summed E-state index contributed by atoms with van der Waals surface area (Å²) in [6, 6.07) is 12.1. The van der Waals surface area contributed by atoms with Gasteiger partial charge in [-0.25, -0.2) is 9.67 Å². The molecule has 1 amide bonds. The van der Waals surface area contributed by atoms with E-state index in [-0.39, 0.29) is 18.1 Å². The van der Waals surface area contributed by atoms with E-state index >= 15 is 0 Å². The van der Waals surface area contributed by atoms with Crippen LogP contribution in [0.4, 0.5) is 11.5 Å². The van der Waals surface area contributed by atoms with Crippen molar-refractivity contribution in [2.75, 3.05) is 24.8 Å². The van der Waals surface area contributed by atoms with Crippen LogP contribution in [0.3, 0.4) is 0 Å². The highest BCUT2D eigenvalue weighted by Crippen LogP contribution is 2.33. The van der Waals surface area contributed by atoms with Crippen molar-refractivity contribution in [3.05, 3.63) is 64.6 Å². The van der Waals surface area contributed by atoms with Crippen LogP contribution in [0.15, 0.2) is 46.9 Å². The fourth-order valence-corrected chi connectivity index (χ4v) is 3.36. The van der Waals surface area contributed by atoms with Crippen LogP contribution in [0.5, 0.6) is 11.5 Å². The molecule has 2 aromatic carbocycles. The van der Waals surface area contributed by atoms with Crippen molar-refractivity contribution in [2.45, 2.75) is 20.4 Å².